The van der Waals surface area contributed by atoms with Gasteiger partial charge in [0.2, 0.25) is 0 Å². The fourth-order valence-electron chi connectivity index (χ4n) is 2.50. The molecule has 1 aliphatic heterocycles. The maximum absolute atomic E-state index is 13.3. The minimum Gasteiger partial charge on any atom is -0.371 e. The summed E-state index contributed by atoms with van der Waals surface area (Å²) in [6.45, 7) is 8.47. The van der Waals surface area contributed by atoms with Crippen LogP contribution in [0, 0.1) is 11.2 Å². The number of hydrogen-bond donors (Lipinski definition) is 1. The van der Waals surface area contributed by atoms with Crippen LogP contribution in [0.4, 0.5) is 10.1 Å². The predicted octanol–water partition coefficient (Wildman–Crippen LogP) is 3.08. The van der Waals surface area contributed by atoms with Gasteiger partial charge in [0.25, 0.3) is 0 Å². The van der Waals surface area contributed by atoms with Crippen LogP contribution >= 0.6 is 0 Å². The molecular formula is C14H21FN2. The van der Waals surface area contributed by atoms with E-state index in [9.17, 15) is 4.39 Å². The van der Waals surface area contributed by atoms with Crippen molar-refractivity contribution in [2.45, 2.75) is 33.2 Å². The van der Waals surface area contributed by atoms with E-state index in [0.29, 0.717) is 5.41 Å². The zero-order valence-electron chi connectivity index (χ0n) is 10.8. The first-order chi connectivity index (χ1) is 7.89. The molecule has 3 heteroatoms. The fourth-order valence-corrected chi connectivity index (χ4v) is 2.50. The lowest BCUT2D eigenvalue weighted by Gasteiger charge is -2.25. The van der Waals surface area contributed by atoms with E-state index in [4.69, 9.17) is 5.73 Å². The van der Waals surface area contributed by atoms with Gasteiger partial charge in [0.05, 0.1) is 0 Å². The molecule has 1 fully saturated rings. The van der Waals surface area contributed by atoms with Gasteiger partial charge in [0, 0.05) is 24.8 Å². The van der Waals surface area contributed by atoms with Crippen molar-refractivity contribution in [1.29, 1.82) is 0 Å². The van der Waals surface area contributed by atoms with Crippen LogP contribution in [0.5, 0.6) is 0 Å². The third-order valence-corrected chi connectivity index (χ3v) is 3.50. The fraction of sp³-hybridized carbons (Fsp3) is 0.571. The van der Waals surface area contributed by atoms with Crippen LogP contribution in [-0.4, -0.2) is 13.1 Å². The Balaban J connectivity index is 2.33. The zero-order chi connectivity index (χ0) is 12.6. The number of rotatable bonds is 2. The molecule has 0 unspecified atom stereocenters. The Morgan fingerprint density at radius 1 is 1.41 bits per heavy atom. The second kappa shape index (κ2) is 4.30. The zero-order valence-corrected chi connectivity index (χ0v) is 10.8. The van der Waals surface area contributed by atoms with Gasteiger partial charge >= 0.3 is 0 Å². The Hall–Kier alpha value is -1.09. The van der Waals surface area contributed by atoms with Crippen LogP contribution in [0.2, 0.25) is 0 Å². The van der Waals surface area contributed by atoms with Crippen molar-refractivity contribution in [2.75, 3.05) is 18.0 Å². The van der Waals surface area contributed by atoms with Crippen LogP contribution in [0.15, 0.2) is 18.2 Å². The van der Waals surface area contributed by atoms with Crippen LogP contribution in [0.1, 0.15) is 38.8 Å². The summed E-state index contributed by atoms with van der Waals surface area (Å²) in [5.41, 5.74) is 8.26. The highest BCUT2D eigenvalue weighted by atomic mass is 19.1. The molecule has 1 heterocycles. The molecule has 2 rings (SSSR count). The van der Waals surface area contributed by atoms with Gasteiger partial charge in [-0.2, -0.15) is 0 Å². The number of benzene rings is 1. The van der Waals surface area contributed by atoms with E-state index < -0.39 is 0 Å². The molecule has 1 aromatic carbocycles. The normalized spacial score (nSPS) is 20.6. The van der Waals surface area contributed by atoms with E-state index in [2.05, 4.69) is 18.7 Å². The molecule has 0 amide bonds. The Bertz CT molecular complexity index is 413. The number of anilines is 1. The van der Waals surface area contributed by atoms with Crippen LogP contribution in [0.25, 0.3) is 0 Å². The van der Waals surface area contributed by atoms with Gasteiger partial charge < -0.3 is 10.6 Å². The van der Waals surface area contributed by atoms with Crippen molar-refractivity contribution in [1.82, 2.24) is 0 Å². The quantitative estimate of drug-likeness (QED) is 0.855. The Morgan fingerprint density at radius 2 is 2.12 bits per heavy atom. The third kappa shape index (κ3) is 2.60. The minimum absolute atomic E-state index is 0.135. The van der Waals surface area contributed by atoms with Crippen molar-refractivity contribution in [2.24, 2.45) is 11.1 Å². The van der Waals surface area contributed by atoms with E-state index in [1.807, 2.05) is 13.0 Å². The monoisotopic (exact) mass is 236 g/mol. The molecule has 1 saturated heterocycles. The van der Waals surface area contributed by atoms with Crippen molar-refractivity contribution in [3.05, 3.63) is 29.6 Å². The summed E-state index contributed by atoms with van der Waals surface area (Å²) < 4.78 is 13.3. The molecule has 0 aliphatic carbocycles. The van der Waals surface area contributed by atoms with Gasteiger partial charge in [0.15, 0.2) is 0 Å². The molecule has 0 bridgehead atoms. The number of nitrogens with zero attached hydrogens (tertiary/aromatic N) is 1. The number of nitrogens with two attached hydrogens (primary N) is 1. The molecule has 17 heavy (non-hydrogen) atoms. The van der Waals surface area contributed by atoms with Gasteiger partial charge in [-0.1, -0.05) is 13.8 Å². The summed E-state index contributed by atoms with van der Waals surface area (Å²) in [4.78, 5) is 2.32. The lowest BCUT2D eigenvalue weighted by atomic mass is 9.93. The lowest BCUT2D eigenvalue weighted by Crippen LogP contribution is -2.25. The van der Waals surface area contributed by atoms with Crippen LogP contribution in [-0.2, 0) is 0 Å². The van der Waals surface area contributed by atoms with E-state index in [0.717, 1.165) is 24.3 Å². The number of hydrogen-bond acceptors (Lipinski definition) is 2. The minimum atomic E-state index is -0.209. The molecule has 0 spiro atoms. The van der Waals surface area contributed by atoms with Gasteiger partial charge in [-0.05, 0) is 42.5 Å². The summed E-state index contributed by atoms with van der Waals surface area (Å²) in [6.07, 6.45) is 1.17. The summed E-state index contributed by atoms with van der Waals surface area (Å²) in [5.74, 6) is -0.209. The average Bonchev–Trinajstić information content (AvgIpc) is 2.58. The van der Waals surface area contributed by atoms with Crippen molar-refractivity contribution in [3.63, 3.8) is 0 Å². The van der Waals surface area contributed by atoms with E-state index in [1.54, 1.807) is 6.07 Å². The van der Waals surface area contributed by atoms with E-state index >= 15 is 0 Å². The highest BCUT2D eigenvalue weighted by Crippen LogP contribution is 2.35. The molecule has 2 nitrogen and oxygen atoms in total. The molecular weight excluding hydrogens is 215 g/mol. The summed E-state index contributed by atoms with van der Waals surface area (Å²) in [6, 6.07) is 4.80. The average molecular weight is 236 g/mol. The summed E-state index contributed by atoms with van der Waals surface area (Å²) in [7, 11) is 0. The second-order valence-corrected chi connectivity index (χ2v) is 5.83. The van der Waals surface area contributed by atoms with Crippen molar-refractivity contribution < 1.29 is 4.39 Å². The summed E-state index contributed by atoms with van der Waals surface area (Å²) >= 11 is 0. The van der Waals surface area contributed by atoms with Gasteiger partial charge in [-0.25, -0.2) is 4.39 Å². The Kier molecular flexibility index (Phi) is 3.13. The van der Waals surface area contributed by atoms with Gasteiger partial charge in [-0.15, -0.1) is 0 Å². The molecule has 1 aliphatic rings. The van der Waals surface area contributed by atoms with Crippen LogP contribution in [0.3, 0.4) is 0 Å². The molecule has 1 aromatic rings. The van der Waals surface area contributed by atoms with Crippen molar-refractivity contribution >= 4 is 5.69 Å². The maximum Gasteiger partial charge on any atom is 0.123 e. The second-order valence-electron chi connectivity index (χ2n) is 5.83. The topological polar surface area (TPSA) is 29.3 Å². The molecule has 94 valence electrons. The Labute approximate surface area is 103 Å². The first-order valence-corrected chi connectivity index (χ1v) is 6.19. The first-order valence-electron chi connectivity index (χ1n) is 6.19. The SMILES string of the molecule is C[C@@H](N)c1cc(F)ccc1N1CCC(C)(C)C1. The molecule has 0 aromatic heterocycles. The first kappa shape index (κ1) is 12.4. The highest BCUT2D eigenvalue weighted by molar-refractivity contribution is 5.56. The van der Waals surface area contributed by atoms with Crippen LogP contribution < -0.4 is 10.6 Å². The smallest absolute Gasteiger partial charge is 0.123 e. The predicted molar refractivity (Wildman–Crippen MR) is 69.6 cm³/mol. The standard InChI is InChI=1S/C14H21FN2/c1-10(16)12-8-11(15)4-5-13(12)17-7-6-14(2,3)9-17/h4-5,8,10H,6-7,9,16H2,1-3H3/t10-/m1/s1. The maximum atomic E-state index is 13.3. The lowest BCUT2D eigenvalue weighted by molar-refractivity contribution is 0.418. The number of halogens is 1. The highest BCUT2D eigenvalue weighted by Gasteiger charge is 2.30. The molecule has 1 atom stereocenters. The Morgan fingerprint density at radius 3 is 2.65 bits per heavy atom. The largest absolute Gasteiger partial charge is 0.371 e. The van der Waals surface area contributed by atoms with Crippen molar-refractivity contribution in [3.8, 4) is 0 Å². The van der Waals surface area contributed by atoms with Gasteiger partial charge in [0.1, 0.15) is 5.82 Å². The molecule has 0 radical (unpaired) electrons. The molecule has 2 N–H and O–H groups in total. The molecule has 0 saturated carbocycles. The third-order valence-electron chi connectivity index (χ3n) is 3.50. The van der Waals surface area contributed by atoms with E-state index in [1.165, 1.54) is 12.5 Å². The van der Waals surface area contributed by atoms with Gasteiger partial charge in [-0.3, -0.25) is 0 Å². The van der Waals surface area contributed by atoms with E-state index in [-0.39, 0.29) is 11.9 Å². The summed E-state index contributed by atoms with van der Waals surface area (Å²) in [5, 5.41) is 0.